The monoisotopic (exact) mass is 344 g/mol. The molecule has 0 aliphatic carbocycles. The Balaban J connectivity index is 1.96. The van der Waals surface area contributed by atoms with Crippen LogP contribution in [0, 0.1) is 0 Å². The highest BCUT2D eigenvalue weighted by atomic mass is 16.5. The fourth-order valence-electron chi connectivity index (χ4n) is 2.22. The summed E-state index contributed by atoms with van der Waals surface area (Å²) in [6.45, 7) is 3.41. The van der Waals surface area contributed by atoms with Gasteiger partial charge in [0.05, 0.1) is 27.4 Å². The molecule has 0 saturated carbocycles. The number of methoxy groups -OCH3 is 2. The second-order valence-corrected chi connectivity index (χ2v) is 5.15. The van der Waals surface area contributed by atoms with E-state index >= 15 is 0 Å². The molecule has 2 aromatic rings. The molecule has 0 unspecified atom stereocenters. The summed E-state index contributed by atoms with van der Waals surface area (Å²) in [4.78, 5) is 8.55. The average Bonchev–Trinajstić information content (AvgIpc) is 2.65. The zero-order valence-electron chi connectivity index (χ0n) is 14.8. The van der Waals surface area contributed by atoms with Crippen molar-refractivity contribution in [3.8, 4) is 17.4 Å². The van der Waals surface area contributed by atoms with Gasteiger partial charge in [0, 0.05) is 18.3 Å². The standard InChI is InChI=1S/C18H24N4O3/c1-4-25-17-14(6-5-9-20-17)12-22-18(19)21-11-13-7-8-15(23-2)16(10-13)24-3/h5-10H,4,11-12H2,1-3H3,(H3,19,21,22). The van der Waals surface area contributed by atoms with E-state index < -0.39 is 0 Å². The van der Waals surface area contributed by atoms with Crippen LogP contribution in [-0.4, -0.2) is 31.8 Å². The van der Waals surface area contributed by atoms with Crippen molar-refractivity contribution in [2.24, 2.45) is 10.7 Å². The summed E-state index contributed by atoms with van der Waals surface area (Å²) in [7, 11) is 3.21. The predicted octanol–water partition coefficient (Wildman–Crippen LogP) is 2.10. The molecule has 134 valence electrons. The van der Waals surface area contributed by atoms with Crippen molar-refractivity contribution in [1.29, 1.82) is 0 Å². The molecule has 1 heterocycles. The number of nitrogens with two attached hydrogens (primary N) is 1. The molecule has 7 heteroatoms. The Bertz CT molecular complexity index is 719. The molecule has 0 radical (unpaired) electrons. The van der Waals surface area contributed by atoms with E-state index in [1.165, 1.54) is 0 Å². The number of nitrogens with one attached hydrogen (secondary N) is 1. The topological polar surface area (TPSA) is 91.0 Å². The van der Waals surface area contributed by atoms with Gasteiger partial charge in [-0.3, -0.25) is 0 Å². The van der Waals surface area contributed by atoms with Crippen LogP contribution in [0.2, 0.25) is 0 Å². The van der Waals surface area contributed by atoms with Crippen LogP contribution in [0.1, 0.15) is 18.1 Å². The molecular formula is C18H24N4O3. The zero-order valence-corrected chi connectivity index (χ0v) is 14.8. The first kappa shape index (κ1) is 18.4. The molecule has 7 nitrogen and oxygen atoms in total. The van der Waals surface area contributed by atoms with Crippen LogP contribution in [0.4, 0.5) is 0 Å². The van der Waals surface area contributed by atoms with Gasteiger partial charge in [-0.1, -0.05) is 12.1 Å². The van der Waals surface area contributed by atoms with E-state index in [2.05, 4.69) is 15.3 Å². The molecular weight excluding hydrogens is 320 g/mol. The molecule has 0 aliphatic rings. The summed E-state index contributed by atoms with van der Waals surface area (Å²) in [5.41, 5.74) is 7.84. The van der Waals surface area contributed by atoms with Gasteiger partial charge in [0.2, 0.25) is 5.88 Å². The van der Waals surface area contributed by atoms with Crippen LogP contribution in [0.3, 0.4) is 0 Å². The Labute approximate surface area is 147 Å². The first-order valence-electron chi connectivity index (χ1n) is 7.99. The highest BCUT2D eigenvalue weighted by molar-refractivity contribution is 5.77. The van der Waals surface area contributed by atoms with Gasteiger partial charge < -0.3 is 25.3 Å². The van der Waals surface area contributed by atoms with Crippen LogP contribution in [0.5, 0.6) is 17.4 Å². The Hall–Kier alpha value is -2.96. The lowest BCUT2D eigenvalue weighted by Crippen LogP contribution is -2.31. The number of guanidine groups is 1. The number of nitrogens with zero attached hydrogens (tertiary/aromatic N) is 2. The molecule has 1 aromatic carbocycles. The van der Waals surface area contributed by atoms with Crippen LogP contribution >= 0.6 is 0 Å². The highest BCUT2D eigenvalue weighted by Gasteiger charge is 2.06. The van der Waals surface area contributed by atoms with E-state index in [-0.39, 0.29) is 0 Å². The smallest absolute Gasteiger partial charge is 0.218 e. The third-order valence-electron chi connectivity index (χ3n) is 3.47. The second kappa shape index (κ2) is 9.36. The fraction of sp³-hybridized carbons (Fsp3) is 0.333. The maximum absolute atomic E-state index is 5.94. The Morgan fingerprint density at radius 3 is 2.72 bits per heavy atom. The van der Waals surface area contributed by atoms with Gasteiger partial charge in [-0.2, -0.15) is 0 Å². The van der Waals surface area contributed by atoms with Crippen molar-refractivity contribution in [2.45, 2.75) is 20.0 Å². The van der Waals surface area contributed by atoms with Crippen molar-refractivity contribution in [1.82, 2.24) is 10.3 Å². The minimum Gasteiger partial charge on any atom is -0.493 e. The van der Waals surface area contributed by atoms with Crippen LogP contribution in [-0.2, 0) is 13.1 Å². The molecule has 2 rings (SSSR count). The number of pyridine rings is 1. The summed E-state index contributed by atoms with van der Waals surface area (Å²) in [6, 6.07) is 9.44. The fourth-order valence-corrected chi connectivity index (χ4v) is 2.22. The van der Waals surface area contributed by atoms with Gasteiger partial charge in [0.1, 0.15) is 0 Å². The van der Waals surface area contributed by atoms with Gasteiger partial charge in [-0.15, -0.1) is 0 Å². The lowest BCUT2D eigenvalue weighted by Gasteiger charge is -2.11. The molecule has 25 heavy (non-hydrogen) atoms. The second-order valence-electron chi connectivity index (χ2n) is 5.15. The lowest BCUT2D eigenvalue weighted by atomic mass is 10.2. The molecule has 3 N–H and O–H groups in total. The number of rotatable bonds is 8. The minimum absolute atomic E-state index is 0.348. The largest absolute Gasteiger partial charge is 0.493 e. The first-order chi connectivity index (χ1) is 12.2. The minimum atomic E-state index is 0.348. The summed E-state index contributed by atoms with van der Waals surface area (Å²) < 4.78 is 16.0. The highest BCUT2D eigenvalue weighted by Crippen LogP contribution is 2.27. The first-order valence-corrected chi connectivity index (χ1v) is 7.99. The summed E-state index contributed by atoms with van der Waals surface area (Å²) in [5, 5.41) is 3.07. The summed E-state index contributed by atoms with van der Waals surface area (Å²) in [5.74, 6) is 2.30. The third-order valence-corrected chi connectivity index (χ3v) is 3.47. The lowest BCUT2D eigenvalue weighted by molar-refractivity contribution is 0.322. The zero-order chi connectivity index (χ0) is 18.1. The molecule has 0 amide bonds. The molecule has 0 atom stereocenters. The number of aliphatic imine (C=N–C) groups is 1. The number of aromatic nitrogens is 1. The van der Waals surface area contributed by atoms with E-state index in [0.29, 0.717) is 43.0 Å². The van der Waals surface area contributed by atoms with E-state index in [0.717, 1.165) is 11.1 Å². The molecule has 0 spiro atoms. The third kappa shape index (κ3) is 5.27. The van der Waals surface area contributed by atoms with Crippen molar-refractivity contribution < 1.29 is 14.2 Å². The van der Waals surface area contributed by atoms with Crippen LogP contribution in [0.15, 0.2) is 41.5 Å². The number of hydrogen-bond donors (Lipinski definition) is 2. The van der Waals surface area contributed by atoms with E-state index in [1.54, 1.807) is 20.4 Å². The Kier molecular flexibility index (Phi) is 6.88. The van der Waals surface area contributed by atoms with Crippen LogP contribution in [0.25, 0.3) is 0 Å². The van der Waals surface area contributed by atoms with Crippen molar-refractivity contribution >= 4 is 5.96 Å². The van der Waals surface area contributed by atoms with Crippen molar-refractivity contribution in [3.63, 3.8) is 0 Å². The maximum Gasteiger partial charge on any atom is 0.218 e. The van der Waals surface area contributed by atoms with Crippen molar-refractivity contribution in [2.75, 3.05) is 20.8 Å². The number of benzene rings is 1. The van der Waals surface area contributed by atoms with Crippen LogP contribution < -0.4 is 25.3 Å². The van der Waals surface area contributed by atoms with Gasteiger partial charge in [0.15, 0.2) is 17.5 Å². The molecule has 0 bridgehead atoms. The van der Waals surface area contributed by atoms with Gasteiger partial charge >= 0.3 is 0 Å². The maximum atomic E-state index is 5.94. The quantitative estimate of drug-likeness (QED) is 0.563. The molecule has 0 aliphatic heterocycles. The molecule has 1 aromatic heterocycles. The normalized spacial score (nSPS) is 11.1. The SMILES string of the molecule is CCOc1ncccc1CNC(N)=NCc1ccc(OC)c(OC)c1. The molecule has 0 saturated heterocycles. The average molecular weight is 344 g/mol. The van der Waals surface area contributed by atoms with E-state index in [4.69, 9.17) is 19.9 Å². The van der Waals surface area contributed by atoms with E-state index in [9.17, 15) is 0 Å². The number of ether oxygens (including phenoxy) is 3. The summed E-state index contributed by atoms with van der Waals surface area (Å²) in [6.07, 6.45) is 1.70. The predicted molar refractivity (Wildman–Crippen MR) is 97.1 cm³/mol. The molecule has 0 fully saturated rings. The van der Waals surface area contributed by atoms with E-state index in [1.807, 2.05) is 37.3 Å². The van der Waals surface area contributed by atoms with Crippen molar-refractivity contribution in [3.05, 3.63) is 47.7 Å². The Morgan fingerprint density at radius 1 is 1.20 bits per heavy atom. The Morgan fingerprint density at radius 2 is 2.00 bits per heavy atom. The van der Waals surface area contributed by atoms with Gasteiger partial charge in [-0.25, -0.2) is 9.98 Å². The number of hydrogen-bond acceptors (Lipinski definition) is 5. The summed E-state index contributed by atoms with van der Waals surface area (Å²) >= 11 is 0. The van der Waals surface area contributed by atoms with Gasteiger partial charge in [-0.05, 0) is 30.7 Å². The van der Waals surface area contributed by atoms with Gasteiger partial charge in [0.25, 0.3) is 0 Å².